The molecule has 1 fully saturated rings. The molecule has 2 N–H and O–H groups in total. The molecule has 16 heavy (non-hydrogen) atoms. The van der Waals surface area contributed by atoms with Crippen LogP contribution in [0.1, 0.15) is 26.2 Å². The van der Waals surface area contributed by atoms with Gasteiger partial charge in [0, 0.05) is 13.7 Å². The number of carbonyl (C=O) groups is 1. The van der Waals surface area contributed by atoms with Crippen LogP contribution >= 0.6 is 12.2 Å². The molecule has 1 aliphatic heterocycles. The summed E-state index contributed by atoms with van der Waals surface area (Å²) in [5.41, 5.74) is 5.61. The fraction of sp³-hybridized carbons (Fsp3) is 0.818. The van der Waals surface area contributed by atoms with Gasteiger partial charge in [-0.2, -0.15) is 0 Å². The van der Waals surface area contributed by atoms with E-state index in [-0.39, 0.29) is 17.9 Å². The summed E-state index contributed by atoms with van der Waals surface area (Å²) < 4.78 is 5.27. The zero-order valence-corrected chi connectivity index (χ0v) is 10.8. The number of likely N-dealkylation sites (N-methyl/N-ethyl adjacent to an activating group) is 1. The third-order valence-electron chi connectivity index (χ3n) is 3.02. The number of nitrogens with two attached hydrogens (primary N) is 1. The van der Waals surface area contributed by atoms with Crippen LogP contribution in [0.15, 0.2) is 0 Å². The minimum absolute atomic E-state index is 0.0323. The molecule has 1 amide bonds. The first-order valence-corrected chi connectivity index (χ1v) is 6.12. The number of hydrogen-bond donors (Lipinski definition) is 1. The maximum Gasteiger partial charge on any atom is 0.232 e. The van der Waals surface area contributed by atoms with Gasteiger partial charge in [0.15, 0.2) is 0 Å². The second-order valence-corrected chi connectivity index (χ2v) is 4.68. The summed E-state index contributed by atoms with van der Waals surface area (Å²) in [6.07, 6.45) is 2.53. The largest absolute Gasteiger partial charge is 0.393 e. The Morgan fingerprint density at radius 3 is 2.81 bits per heavy atom. The highest BCUT2D eigenvalue weighted by Gasteiger charge is 2.30. The predicted molar refractivity (Wildman–Crippen MR) is 67.2 cm³/mol. The number of carbonyl (C=O) groups excluding carboxylic acids is 1. The molecule has 5 heteroatoms. The smallest absolute Gasteiger partial charge is 0.232 e. The van der Waals surface area contributed by atoms with Crippen LogP contribution in [0.2, 0.25) is 0 Å². The van der Waals surface area contributed by atoms with Gasteiger partial charge >= 0.3 is 0 Å². The Bertz CT molecular complexity index is 265. The fourth-order valence-corrected chi connectivity index (χ4v) is 2.15. The van der Waals surface area contributed by atoms with Crippen molar-refractivity contribution in [2.45, 2.75) is 32.2 Å². The molecule has 1 rings (SSSR count). The minimum Gasteiger partial charge on any atom is -0.393 e. The molecule has 2 atom stereocenters. The van der Waals surface area contributed by atoms with Crippen molar-refractivity contribution in [2.75, 3.05) is 20.3 Å². The topological polar surface area (TPSA) is 55.6 Å². The van der Waals surface area contributed by atoms with Gasteiger partial charge in [-0.3, -0.25) is 4.79 Å². The van der Waals surface area contributed by atoms with Crippen molar-refractivity contribution in [3.63, 3.8) is 0 Å². The summed E-state index contributed by atoms with van der Waals surface area (Å²) >= 11 is 4.95. The lowest BCUT2D eigenvalue weighted by Gasteiger charge is -2.27. The maximum atomic E-state index is 12.2. The Morgan fingerprint density at radius 2 is 2.38 bits per heavy atom. The van der Waals surface area contributed by atoms with Gasteiger partial charge in [-0.15, -0.1) is 0 Å². The highest BCUT2D eigenvalue weighted by atomic mass is 32.1. The fourth-order valence-electron chi connectivity index (χ4n) is 1.93. The van der Waals surface area contributed by atoms with Gasteiger partial charge in [0.2, 0.25) is 5.91 Å². The van der Waals surface area contributed by atoms with E-state index < -0.39 is 0 Å². The first-order chi connectivity index (χ1) is 7.57. The Hall–Kier alpha value is -0.680. The summed E-state index contributed by atoms with van der Waals surface area (Å²) in [5.74, 6) is -0.282. The lowest BCUT2D eigenvalue weighted by molar-refractivity contribution is -0.134. The molecule has 0 saturated carbocycles. The number of ether oxygens (including phenoxy) is 1. The van der Waals surface area contributed by atoms with Crippen molar-refractivity contribution in [3.8, 4) is 0 Å². The zero-order chi connectivity index (χ0) is 12.1. The van der Waals surface area contributed by atoms with Crippen molar-refractivity contribution in [3.05, 3.63) is 0 Å². The van der Waals surface area contributed by atoms with Crippen LogP contribution in [0.25, 0.3) is 0 Å². The Labute approximate surface area is 102 Å². The predicted octanol–water partition coefficient (Wildman–Crippen LogP) is 0.936. The van der Waals surface area contributed by atoms with Crippen molar-refractivity contribution >= 4 is 23.1 Å². The van der Waals surface area contributed by atoms with Gasteiger partial charge in [0.05, 0.1) is 23.6 Å². The minimum atomic E-state index is -0.314. The monoisotopic (exact) mass is 244 g/mol. The van der Waals surface area contributed by atoms with Gasteiger partial charge in [-0.1, -0.05) is 25.6 Å². The third-order valence-corrected chi connectivity index (χ3v) is 3.30. The van der Waals surface area contributed by atoms with E-state index in [0.717, 1.165) is 25.9 Å². The van der Waals surface area contributed by atoms with Crippen LogP contribution in [-0.2, 0) is 9.53 Å². The molecule has 92 valence electrons. The lowest BCUT2D eigenvalue weighted by Crippen LogP contribution is -2.44. The Morgan fingerprint density at radius 1 is 1.69 bits per heavy atom. The van der Waals surface area contributed by atoms with Crippen molar-refractivity contribution in [1.29, 1.82) is 0 Å². The molecular formula is C11H20N2O2S. The SMILES string of the molecule is CCCC(C(=O)N(C)C1CCOC1)C(N)=S. The molecular weight excluding hydrogens is 224 g/mol. The van der Waals surface area contributed by atoms with Crippen LogP contribution < -0.4 is 5.73 Å². The number of rotatable bonds is 5. The summed E-state index contributed by atoms with van der Waals surface area (Å²) in [7, 11) is 1.81. The molecule has 0 aromatic heterocycles. The molecule has 0 aromatic rings. The van der Waals surface area contributed by atoms with E-state index in [4.69, 9.17) is 22.7 Å². The van der Waals surface area contributed by atoms with Gasteiger partial charge in [-0.25, -0.2) is 0 Å². The molecule has 0 aliphatic carbocycles. The Kier molecular flexibility index (Phi) is 5.15. The molecule has 1 aliphatic rings. The average molecular weight is 244 g/mol. The lowest BCUT2D eigenvalue weighted by atomic mass is 10.0. The molecule has 1 saturated heterocycles. The molecule has 0 bridgehead atoms. The van der Waals surface area contributed by atoms with E-state index in [1.807, 2.05) is 14.0 Å². The van der Waals surface area contributed by atoms with Gasteiger partial charge in [-0.05, 0) is 12.8 Å². The normalized spacial score (nSPS) is 21.8. The number of thiocarbonyl (C=S) groups is 1. The van der Waals surface area contributed by atoms with E-state index in [9.17, 15) is 4.79 Å². The van der Waals surface area contributed by atoms with Crippen LogP contribution in [0, 0.1) is 5.92 Å². The van der Waals surface area contributed by atoms with E-state index in [1.165, 1.54) is 0 Å². The van der Waals surface area contributed by atoms with Crippen LogP contribution in [0.5, 0.6) is 0 Å². The summed E-state index contributed by atoms with van der Waals surface area (Å²) in [5, 5.41) is 0. The second-order valence-electron chi connectivity index (χ2n) is 4.21. The number of hydrogen-bond acceptors (Lipinski definition) is 3. The maximum absolute atomic E-state index is 12.2. The molecule has 0 spiro atoms. The highest BCUT2D eigenvalue weighted by molar-refractivity contribution is 7.80. The van der Waals surface area contributed by atoms with Crippen LogP contribution in [-0.4, -0.2) is 42.1 Å². The number of amides is 1. The van der Waals surface area contributed by atoms with E-state index >= 15 is 0 Å². The Balaban J connectivity index is 2.61. The van der Waals surface area contributed by atoms with Crippen molar-refractivity contribution in [2.24, 2.45) is 11.7 Å². The third kappa shape index (κ3) is 3.15. The van der Waals surface area contributed by atoms with Crippen LogP contribution in [0.4, 0.5) is 0 Å². The van der Waals surface area contributed by atoms with E-state index in [1.54, 1.807) is 4.90 Å². The summed E-state index contributed by atoms with van der Waals surface area (Å²) in [4.78, 5) is 14.2. The summed E-state index contributed by atoms with van der Waals surface area (Å²) in [6.45, 7) is 3.38. The first-order valence-electron chi connectivity index (χ1n) is 5.71. The van der Waals surface area contributed by atoms with Crippen molar-refractivity contribution in [1.82, 2.24) is 4.90 Å². The van der Waals surface area contributed by atoms with Gasteiger partial charge in [0.1, 0.15) is 0 Å². The van der Waals surface area contributed by atoms with Gasteiger partial charge < -0.3 is 15.4 Å². The van der Waals surface area contributed by atoms with E-state index in [2.05, 4.69) is 0 Å². The quantitative estimate of drug-likeness (QED) is 0.731. The molecule has 4 nitrogen and oxygen atoms in total. The van der Waals surface area contributed by atoms with E-state index in [0.29, 0.717) is 11.6 Å². The average Bonchev–Trinajstić information content (AvgIpc) is 2.76. The van der Waals surface area contributed by atoms with Crippen molar-refractivity contribution < 1.29 is 9.53 Å². The second kappa shape index (κ2) is 6.15. The first kappa shape index (κ1) is 13.4. The highest BCUT2D eigenvalue weighted by Crippen LogP contribution is 2.16. The molecule has 2 unspecified atom stereocenters. The van der Waals surface area contributed by atoms with Crippen LogP contribution in [0.3, 0.4) is 0 Å². The molecule has 0 radical (unpaired) electrons. The van der Waals surface area contributed by atoms with Gasteiger partial charge in [0.25, 0.3) is 0 Å². The standard InChI is InChI=1S/C11H20N2O2S/c1-3-4-9(10(12)16)11(14)13(2)8-5-6-15-7-8/h8-9H,3-7H2,1-2H3,(H2,12,16). The summed E-state index contributed by atoms with van der Waals surface area (Å²) in [6, 6.07) is 0.182. The molecule has 1 heterocycles. The number of nitrogens with zero attached hydrogens (tertiary/aromatic N) is 1. The molecule has 0 aromatic carbocycles. The zero-order valence-electron chi connectivity index (χ0n) is 9.94.